The van der Waals surface area contributed by atoms with Gasteiger partial charge < -0.3 is 9.72 Å². The molecule has 21 heavy (non-hydrogen) atoms. The van der Waals surface area contributed by atoms with Gasteiger partial charge in [0.1, 0.15) is 0 Å². The quantitative estimate of drug-likeness (QED) is 0.803. The molecule has 106 valence electrons. The maximum Gasteiger partial charge on any atom is 0.253 e. The number of halogens is 2. The van der Waals surface area contributed by atoms with E-state index < -0.39 is 0 Å². The van der Waals surface area contributed by atoms with Gasteiger partial charge in [-0.05, 0) is 18.2 Å². The van der Waals surface area contributed by atoms with Gasteiger partial charge in [0, 0.05) is 11.2 Å². The van der Waals surface area contributed by atoms with Crippen LogP contribution in [0.3, 0.4) is 0 Å². The van der Waals surface area contributed by atoms with E-state index in [0.29, 0.717) is 10.6 Å². The minimum Gasteiger partial charge on any atom is -0.346 e. The lowest BCUT2D eigenvalue weighted by atomic mass is 10.3. The van der Waals surface area contributed by atoms with Crippen LogP contribution in [0, 0.1) is 0 Å². The van der Waals surface area contributed by atoms with Crippen molar-refractivity contribution >= 4 is 34.6 Å². The fraction of sp³-hybridized carbons (Fsp3) is 0.0769. The molecule has 0 aliphatic rings. The van der Waals surface area contributed by atoms with Gasteiger partial charge in [-0.1, -0.05) is 23.2 Å². The van der Waals surface area contributed by atoms with E-state index in [2.05, 4.69) is 20.5 Å². The third kappa shape index (κ3) is 2.96. The average molecular weight is 322 g/mol. The Balaban J connectivity index is 1.77. The number of carbonyl (C=O) groups is 1. The summed E-state index contributed by atoms with van der Waals surface area (Å²) in [6, 6.07) is 5.01. The van der Waals surface area contributed by atoms with Gasteiger partial charge in [0.15, 0.2) is 5.15 Å². The Bertz CT molecular complexity index is 817. The van der Waals surface area contributed by atoms with Gasteiger partial charge in [-0.25, -0.2) is 4.98 Å². The molecule has 3 rings (SSSR count). The van der Waals surface area contributed by atoms with Crippen molar-refractivity contribution in [2.75, 3.05) is 0 Å². The Kier molecular flexibility index (Phi) is 3.72. The van der Waals surface area contributed by atoms with Crippen LogP contribution in [0.5, 0.6) is 0 Å². The van der Waals surface area contributed by atoms with E-state index in [9.17, 15) is 4.79 Å². The van der Waals surface area contributed by atoms with Gasteiger partial charge in [0.25, 0.3) is 5.91 Å². The van der Waals surface area contributed by atoms with Crippen molar-refractivity contribution in [2.24, 2.45) is 0 Å². The molecule has 0 aromatic carbocycles. The molecule has 0 fully saturated rings. The number of hydrogen-bond acceptors (Lipinski definition) is 4. The monoisotopic (exact) mass is 321 g/mol. The van der Waals surface area contributed by atoms with Crippen LogP contribution < -0.4 is 5.32 Å². The van der Waals surface area contributed by atoms with Gasteiger partial charge in [0.2, 0.25) is 0 Å². The number of pyridine rings is 1. The van der Waals surface area contributed by atoms with Crippen LogP contribution in [-0.4, -0.2) is 25.5 Å². The molecule has 0 spiro atoms. The summed E-state index contributed by atoms with van der Waals surface area (Å²) in [6.07, 6.45) is 4.82. The number of imidazole rings is 1. The molecule has 3 heterocycles. The van der Waals surface area contributed by atoms with Gasteiger partial charge in [-0.15, -0.1) is 5.10 Å². The first-order chi connectivity index (χ1) is 10.1. The summed E-state index contributed by atoms with van der Waals surface area (Å²) < 4.78 is 1.83. The Hall–Kier alpha value is -2.18. The summed E-state index contributed by atoms with van der Waals surface area (Å²) in [5.41, 5.74) is 1.91. The van der Waals surface area contributed by atoms with Crippen LogP contribution in [0.1, 0.15) is 16.1 Å². The number of amides is 1. The van der Waals surface area contributed by atoms with Crippen LogP contribution >= 0.6 is 23.2 Å². The highest BCUT2D eigenvalue weighted by atomic mass is 35.5. The molecular formula is C13H9Cl2N5O. The number of hydrogen-bond donors (Lipinski definition) is 1. The van der Waals surface area contributed by atoms with E-state index in [1.54, 1.807) is 18.5 Å². The summed E-state index contributed by atoms with van der Waals surface area (Å²) in [6.45, 7) is 0.273. The van der Waals surface area contributed by atoms with Crippen LogP contribution in [0.4, 0.5) is 0 Å². The van der Waals surface area contributed by atoms with E-state index >= 15 is 0 Å². The SMILES string of the molecule is O=C(NCc1ncn2ccc(Cl)cc12)c1cnnc(Cl)c1. The molecule has 0 radical (unpaired) electrons. The fourth-order valence-corrected chi connectivity index (χ4v) is 2.20. The Morgan fingerprint density at radius 2 is 2.19 bits per heavy atom. The zero-order chi connectivity index (χ0) is 14.8. The molecule has 3 aromatic rings. The smallest absolute Gasteiger partial charge is 0.253 e. The lowest BCUT2D eigenvalue weighted by molar-refractivity contribution is 0.0950. The fourth-order valence-electron chi connectivity index (χ4n) is 1.88. The molecule has 0 atom stereocenters. The maximum atomic E-state index is 12.0. The highest BCUT2D eigenvalue weighted by Crippen LogP contribution is 2.15. The van der Waals surface area contributed by atoms with Crippen molar-refractivity contribution in [3.8, 4) is 0 Å². The Labute approximate surface area is 129 Å². The minimum atomic E-state index is -0.296. The molecule has 3 aromatic heterocycles. The first-order valence-electron chi connectivity index (χ1n) is 6.01. The number of nitrogens with one attached hydrogen (secondary N) is 1. The molecule has 6 nitrogen and oxygen atoms in total. The maximum absolute atomic E-state index is 12.0. The lowest BCUT2D eigenvalue weighted by Gasteiger charge is -2.04. The van der Waals surface area contributed by atoms with Crippen molar-refractivity contribution in [3.63, 3.8) is 0 Å². The third-order valence-electron chi connectivity index (χ3n) is 2.88. The number of carbonyl (C=O) groups excluding carboxylic acids is 1. The standard InChI is InChI=1S/C13H9Cl2N5O/c14-9-1-2-20-7-17-10(11(20)4-9)6-16-13(21)8-3-12(15)19-18-5-8/h1-5,7H,6H2,(H,16,21). The number of aromatic nitrogens is 4. The van der Waals surface area contributed by atoms with Gasteiger partial charge in [-0.2, -0.15) is 5.10 Å². The summed E-state index contributed by atoms with van der Waals surface area (Å²) in [5.74, 6) is -0.296. The topological polar surface area (TPSA) is 72.2 Å². The zero-order valence-corrected chi connectivity index (χ0v) is 12.1. The molecule has 0 aliphatic carbocycles. The summed E-state index contributed by atoms with van der Waals surface area (Å²) >= 11 is 11.7. The van der Waals surface area contributed by atoms with Crippen LogP contribution in [0.15, 0.2) is 36.9 Å². The van der Waals surface area contributed by atoms with Crippen molar-refractivity contribution < 1.29 is 4.79 Å². The molecule has 1 N–H and O–H groups in total. The van der Waals surface area contributed by atoms with E-state index in [4.69, 9.17) is 23.2 Å². The zero-order valence-electron chi connectivity index (χ0n) is 10.6. The van der Waals surface area contributed by atoms with Gasteiger partial charge in [-0.3, -0.25) is 4.79 Å². The molecule has 8 heteroatoms. The Morgan fingerprint density at radius 3 is 3.00 bits per heavy atom. The Morgan fingerprint density at radius 1 is 1.33 bits per heavy atom. The van der Waals surface area contributed by atoms with Crippen LogP contribution in [-0.2, 0) is 6.54 Å². The third-order valence-corrected chi connectivity index (χ3v) is 3.30. The number of nitrogens with zero attached hydrogens (tertiary/aromatic N) is 4. The molecule has 0 saturated heterocycles. The second-order valence-corrected chi connectivity index (χ2v) is 5.10. The molecule has 0 bridgehead atoms. The predicted molar refractivity (Wildman–Crippen MR) is 78.4 cm³/mol. The molecule has 1 amide bonds. The summed E-state index contributed by atoms with van der Waals surface area (Å²) in [5, 5.41) is 10.8. The first kappa shape index (κ1) is 13.8. The lowest BCUT2D eigenvalue weighted by Crippen LogP contribution is -2.23. The molecular weight excluding hydrogens is 313 g/mol. The second-order valence-electron chi connectivity index (χ2n) is 4.28. The average Bonchev–Trinajstić information content (AvgIpc) is 2.87. The van der Waals surface area contributed by atoms with E-state index in [1.807, 2.05) is 10.6 Å². The normalized spacial score (nSPS) is 10.8. The molecule has 0 aliphatic heterocycles. The van der Waals surface area contributed by atoms with E-state index in [1.165, 1.54) is 12.3 Å². The van der Waals surface area contributed by atoms with Crippen molar-refractivity contribution in [2.45, 2.75) is 6.54 Å². The van der Waals surface area contributed by atoms with Gasteiger partial charge in [0.05, 0.1) is 35.8 Å². The van der Waals surface area contributed by atoms with Crippen molar-refractivity contribution in [1.29, 1.82) is 0 Å². The summed E-state index contributed by atoms with van der Waals surface area (Å²) in [4.78, 5) is 16.3. The first-order valence-corrected chi connectivity index (χ1v) is 6.76. The van der Waals surface area contributed by atoms with Crippen LogP contribution in [0.2, 0.25) is 10.2 Å². The number of fused-ring (bicyclic) bond motifs is 1. The molecule has 0 unspecified atom stereocenters. The van der Waals surface area contributed by atoms with Crippen molar-refractivity contribution in [1.82, 2.24) is 24.9 Å². The molecule has 0 saturated carbocycles. The van der Waals surface area contributed by atoms with Crippen molar-refractivity contribution in [3.05, 3.63) is 58.4 Å². The minimum absolute atomic E-state index is 0.168. The van der Waals surface area contributed by atoms with Crippen LogP contribution in [0.25, 0.3) is 5.52 Å². The number of rotatable bonds is 3. The predicted octanol–water partition coefficient (Wildman–Crippen LogP) is 2.36. The van der Waals surface area contributed by atoms with E-state index in [0.717, 1.165) is 11.2 Å². The van der Waals surface area contributed by atoms with Gasteiger partial charge >= 0.3 is 0 Å². The summed E-state index contributed by atoms with van der Waals surface area (Å²) in [7, 11) is 0. The largest absolute Gasteiger partial charge is 0.346 e. The highest BCUT2D eigenvalue weighted by Gasteiger charge is 2.10. The van der Waals surface area contributed by atoms with E-state index in [-0.39, 0.29) is 17.6 Å². The highest BCUT2D eigenvalue weighted by molar-refractivity contribution is 6.31. The second kappa shape index (κ2) is 5.67.